The minimum absolute atomic E-state index is 0.277. The Hall–Kier alpha value is -2.29. The Balaban J connectivity index is 2.93. The molecule has 0 bridgehead atoms. The van der Waals surface area contributed by atoms with E-state index in [2.05, 4.69) is 14.6 Å². The van der Waals surface area contributed by atoms with Gasteiger partial charge >= 0.3 is 18.1 Å². The Labute approximate surface area is 126 Å². The van der Waals surface area contributed by atoms with Crippen LogP contribution in [0.2, 0.25) is 5.02 Å². The zero-order valence-corrected chi connectivity index (χ0v) is 11.9. The molecule has 0 aliphatic carbocycles. The van der Waals surface area contributed by atoms with Gasteiger partial charge in [0.05, 0.1) is 19.7 Å². The quantitative estimate of drug-likeness (QED) is 0.788. The van der Waals surface area contributed by atoms with Gasteiger partial charge in [-0.15, -0.1) is 0 Å². The van der Waals surface area contributed by atoms with E-state index in [-0.39, 0.29) is 10.5 Å². The molecule has 22 heavy (non-hydrogen) atoms. The fraction of sp³-hybridized carbons (Fsp3) is 0.250. The Morgan fingerprint density at radius 3 is 2.27 bits per heavy atom. The van der Waals surface area contributed by atoms with Gasteiger partial charge in [-0.2, -0.15) is 18.3 Å². The number of fused-ring (bicyclic) bond motifs is 1. The minimum Gasteiger partial charge on any atom is -0.465 e. The second-order valence-corrected chi connectivity index (χ2v) is 4.50. The summed E-state index contributed by atoms with van der Waals surface area (Å²) in [6.45, 7) is 0. The molecule has 0 saturated carbocycles. The summed E-state index contributed by atoms with van der Waals surface area (Å²) >= 11 is 5.66. The van der Waals surface area contributed by atoms with Gasteiger partial charge in [-0.05, 0) is 12.1 Å². The molecule has 0 atom stereocenters. The van der Waals surface area contributed by atoms with Crippen molar-refractivity contribution in [3.8, 4) is 0 Å². The van der Waals surface area contributed by atoms with E-state index in [4.69, 9.17) is 11.6 Å². The Kier molecular flexibility index (Phi) is 4.01. The van der Waals surface area contributed by atoms with Crippen LogP contribution < -0.4 is 0 Å². The molecule has 0 N–H and O–H groups in total. The second kappa shape index (κ2) is 5.48. The molecule has 10 heteroatoms. The Bertz CT molecular complexity index is 770. The summed E-state index contributed by atoms with van der Waals surface area (Å²) in [5, 5.41) is 3.25. The molecule has 2 rings (SSSR count). The molecule has 118 valence electrons. The number of aromatic nitrogens is 2. The summed E-state index contributed by atoms with van der Waals surface area (Å²) < 4.78 is 48.5. The number of hydrogen-bond acceptors (Lipinski definition) is 5. The van der Waals surface area contributed by atoms with Crippen molar-refractivity contribution in [1.29, 1.82) is 0 Å². The van der Waals surface area contributed by atoms with Crippen molar-refractivity contribution in [3.05, 3.63) is 34.1 Å². The number of carbonyl (C=O) groups is 2. The van der Waals surface area contributed by atoms with Crippen LogP contribution in [0.15, 0.2) is 12.1 Å². The van der Waals surface area contributed by atoms with Gasteiger partial charge in [0.1, 0.15) is 11.3 Å². The number of rotatable bonds is 2. The summed E-state index contributed by atoms with van der Waals surface area (Å²) in [6, 6.07) is 1.70. The molecule has 2 heterocycles. The molecule has 0 unspecified atom stereocenters. The van der Waals surface area contributed by atoms with Crippen LogP contribution in [0.4, 0.5) is 13.2 Å². The molecule has 0 aliphatic heterocycles. The van der Waals surface area contributed by atoms with Crippen molar-refractivity contribution < 1.29 is 32.2 Å². The van der Waals surface area contributed by atoms with Crippen LogP contribution in [0.1, 0.15) is 26.5 Å². The van der Waals surface area contributed by atoms with Gasteiger partial charge in [0.25, 0.3) is 0 Å². The van der Waals surface area contributed by atoms with Crippen molar-refractivity contribution in [2.75, 3.05) is 14.2 Å². The molecule has 0 aliphatic rings. The van der Waals surface area contributed by atoms with Crippen molar-refractivity contribution >= 4 is 29.1 Å². The first-order valence-corrected chi connectivity index (χ1v) is 6.04. The SMILES string of the molecule is COC(=O)c1nn2c(C(F)(F)F)cc(Cl)cc2c1C(=O)OC. The van der Waals surface area contributed by atoms with Gasteiger partial charge in [0, 0.05) is 5.02 Å². The number of carbonyl (C=O) groups excluding carboxylic acids is 2. The summed E-state index contributed by atoms with van der Waals surface area (Å²) in [5.74, 6) is -2.11. The number of esters is 2. The average molecular weight is 337 g/mol. The van der Waals surface area contributed by atoms with Crippen molar-refractivity contribution in [3.63, 3.8) is 0 Å². The average Bonchev–Trinajstić information content (AvgIpc) is 2.82. The highest BCUT2D eigenvalue weighted by Crippen LogP contribution is 2.33. The lowest BCUT2D eigenvalue weighted by atomic mass is 10.2. The zero-order valence-electron chi connectivity index (χ0n) is 11.2. The smallest absolute Gasteiger partial charge is 0.433 e. The van der Waals surface area contributed by atoms with Gasteiger partial charge in [0.15, 0.2) is 5.69 Å². The van der Waals surface area contributed by atoms with E-state index < -0.39 is 35.1 Å². The third kappa shape index (κ3) is 2.59. The lowest BCUT2D eigenvalue weighted by molar-refractivity contribution is -0.142. The van der Waals surface area contributed by atoms with Gasteiger partial charge < -0.3 is 9.47 Å². The lowest BCUT2D eigenvalue weighted by Crippen LogP contribution is -2.13. The number of hydrogen-bond donors (Lipinski definition) is 0. The highest BCUT2D eigenvalue weighted by molar-refractivity contribution is 6.31. The third-order valence-corrected chi connectivity index (χ3v) is 2.98. The number of halogens is 4. The monoisotopic (exact) mass is 336 g/mol. The zero-order chi connectivity index (χ0) is 16.7. The molecule has 0 spiro atoms. The van der Waals surface area contributed by atoms with Gasteiger partial charge in [-0.25, -0.2) is 14.1 Å². The summed E-state index contributed by atoms with van der Waals surface area (Å²) in [5.41, 5.74) is -2.60. The summed E-state index contributed by atoms with van der Waals surface area (Å²) in [4.78, 5) is 23.4. The molecule has 0 aromatic carbocycles. The largest absolute Gasteiger partial charge is 0.465 e. The summed E-state index contributed by atoms with van der Waals surface area (Å²) in [7, 11) is 2.02. The van der Waals surface area contributed by atoms with Crippen LogP contribution >= 0.6 is 11.6 Å². The van der Waals surface area contributed by atoms with Crippen molar-refractivity contribution in [2.45, 2.75) is 6.18 Å². The first kappa shape index (κ1) is 16.1. The maximum atomic E-state index is 13.1. The highest BCUT2D eigenvalue weighted by atomic mass is 35.5. The molecular weight excluding hydrogens is 329 g/mol. The summed E-state index contributed by atoms with van der Waals surface area (Å²) in [6.07, 6.45) is -4.80. The molecule has 0 radical (unpaired) electrons. The van der Waals surface area contributed by atoms with E-state index in [9.17, 15) is 22.8 Å². The van der Waals surface area contributed by atoms with Crippen molar-refractivity contribution in [1.82, 2.24) is 9.61 Å². The lowest BCUT2D eigenvalue weighted by Gasteiger charge is -2.09. The van der Waals surface area contributed by atoms with Crippen LogP contribution in [0.25, 0.3) is 5.52 Å². The Morgan fingerprint density at radius 1 is 1.18 bits per heavy atom. The van der Waals surface area contributed by atoms with Crippen LogP contribution in [-0.4, -0.2) is 35.8 Å². The maximum Gasteiger partial charge on any atom is 0.433 e. The van der Waals surface area contributed by atoms with Gasteiger partial charge in [-0.1, -0.05) is 11.6 Å². The number of pyridine rings is 1. The fourth-order valence-corrected chi connectivity index (χ4v) is 2.06. The third-order valence-electron chi connectivity index (χ3n) is 2.76. The molecule has 2 aromatic rings. The molecule has 0 amide bonds. The number of ether oxygens (including phenoxy) is 2. The number of nitrogens with zero attached hydrogens (tertiary/aromatic N) is 2. The van der Waals surface area contributed by atoms with E-state index in [0.717, 1.165) is 20.3 Å². The van der Waals surface area contributed by atoms with Gasteiger partial charge in [-0.3, -0.25) is 0 Å². The highest BCUT2D eigenvalue weighted by Gasteiger charge is 2.37. The predicted molar refractivity (Wildman–Crippen MR) is 67.9 cm³/mol. The van der Waals surface area contributed by atoms with Crippen molar-refractivity contribution in [2.24, 2.45) is 0 Å². The first-order chi connectivity index (χ1) is 10.2. The number of alkyl halides is 3. The first-order valence-electron chi connectivity index (χ1n) is 5.66. The maximum absolute atomic E-state index is 13.1. The molecule has 2 aromatic heterocycles. The predicted octanol–water partition coefficient (Wildman–Crippen LogP) is 2.58. The number of methoxy groups -OCH3 is 2. The van der Waals surface area contributed by atoms with E-state index in [1.165, 1.54) is 0 Å². The standard InChI is InChI=1S/C12H8ClF3N2O4/c1-21-10(19)8-6-3-5(13)4-7(12(14,15)16)18(6)17-9(8)11(20)22-2/h3-4H,1-2H3. The minimum atomic E-state index is -4.80. The van der Waals surface area contributed by atoms with E-state index in [1.807, 2.05) is 0 Å². The van der Waals surface area contributed by atoms with E-state index in [0.29, 0.717) is 10.6 Å². The molecule has 6 nitrogen and oxygen atoms in total. The van der Waals surface area contributed by atoms with Crippen LogP contribution in [0, 0.1) is 0 Å². The van der Waals surface area contributed by atoms with E-state index in [1.54, 1.807) is 0 Å². The Morgan fingerprint density at radius 2 is 1.77 bits per heavy atom. The fourth-order valence-electron chi connectivity index (χ4n) is 1.86. The molecule has 0 saturated heterocycles. The van der Waals surface area contributed by atoms with Crippen LogP contribution in [0.5, 0.6) is 0 Å². The topological polar surface area (TPSA) is 69.9 Å². The van der Waals surface area contributed by atoms with Gasteiger partial charge in [0.2, 0.25) is 0 Å². The molecule has 0 fully saturated rings. The second-order valence-electron chi connectivity index (χ2n) is 4.06. The van der Waals surface area contributed by atoms with Crippen LogP contribution in [-0.2, 0) is 15.7 Å². The van der Waals surface area contributed by atoms with E-state index >= 15 is 0 Å². The normalized spacial score (nSPS) is 11.5. The molecular formula is C12H8ClF3N2O4. The van der Waals surface area contributed by atoms with Crippen LogP contribution in [0.3, 0.4) is 0 Å².